The molecule has 1 aliphatic rings. The first-order valence-electron chi connectivity index (χ1n) is 31.8. The Bertz CT molecular complexity index is 2420. The highest BCUT2D eigenvalue weighted by atomic mass is 16.5. The fourth-order valence-corrected chi connectivity index (χ4v) is 9.37. The SMILES string of the molecule is CCCCC(NC(=O)C(CCCCNC(=O)CN(CC(=O)O)CC(=O)O)NC(=O)C(Cc1cnc[nH]1)NC(=O)C(CCC(N)=O)NC(=O)C(CO)NC(=O)CNC(=O)COCCOCCNC(=O)CCCCCCCCCCCCCCCC1=NNNN1)C(=O)NC. The van der Waals surface area contributed by atoms with Crippen LogP contribution in [0.1, 0.15) is 160 Å². The molecule has 0 saturated carbocycles. The first-order valence-corrected chi connectivity index (χ1v) is 31.8. The topological polar surface area (TPSA) is 499 Å². The molecule has 0 radical (unpaired) electrons. The van der Waals surface area contributed by atoms with Gasteiger partial charge in [-0.2, -0.15) is 0 Å². The van der Waals surface area contributed by atoms with E-state index in [1.165, 1.54) is 77.4 Å². The van der Waals surface area contributed by atoms with E-state index in [4.69, 9.17) is 25.4 Å². The Hall–Kier alpha value is -8.08. The smallest absolute Gasteiger partial charge is 0.317 e. The number of carboxylic acid groups (broad SMARTS) is 2. The fourth-order valence-electron chi connectivity index (χ4n) is 9.37. The van der Waals surface area contributed by atoms with Crippen LogP contribution < -0.4 is 70.1 Å². The van der Waals surface area contributed by atoms with E-state index in [0.717, 1.165) is 42.8 Å². The van der Waals surface area contributed by atoms with E-state index in [0.29, 0.717) is 31.5 Å². The summed E-state index contributed by atoms with van der Waals surface area (Å²) in [6, 6.07) is -7.20. The number of carbonyl (C=O) groups is 12. The van der Waals surface area contributed by atoms with Gasteiger partial charge in [-0.3, -0.25) is 67.9 Å². The van der Waals surface area contributed by atoms with Crippen molar-refractivity contribution in [2.24, 2.45) is 10.8 Å². The Morgan fingerprint density at radius 1 is 0.565 bits per heavy atom. The largest absolute Gasteiger partial charge is 0.480 e. The van der Waals surface area contributed by atoms with Gasteiger partial charge in [-0.25, -0.2) is 10.5 Å². The molecule has 520 valence electrons. The molecule has 5 atom stereocenters. The average molecular weight is 1310 g/mol. The molecule has 34 nitrogen and oxygen atoms in total. The number of unbranched alkanes of at least 4 members (excludes halogenated alkanes) is 14. The number of aliphatic hydroxyl groups is 1. The number of aromatic nitrogens is 2. The number of carbonyl (C=O) groups excluding carboxylic acids is 10. The minimum absolute atomic E-state index is 0.00375. The molecule has 0 saturated heterocycles. The van der Waals surface area contributed by atoms with Gasteiger partial charge in [0.2, 0.25) is 59.1 Å². The number of hydrazone groups is 1. The second kappa shape index (κ2) is 49.6. The lowest BCUT2D eigenvalue weighted by Crippen LogP contribution is -2.60. The van der Waals surface area contributed by atoms with Crippen LogP contribution in [0.25, 0.3) is 0 Å². The van der Waals surface area contributed by atoms with Crippen molar-refractivity contribution in [2.75, 3.05) is 79.4 Å². The number of nitrogens with zero attached hydrogens (tertiary/aromatic N) is 3. The van der Waals surface area contributed by atoms with Crippen LogP contribution in [-0.2, 0) is 73.4 Å². The maximum absolute atomic E-state index is 14.3. The molecule has 10 amide bonds. The third-order valence-electron chi connectivity index (χ3n) is 14.3. The zero-order valence-corrected chi connectivity index (χ0v) is 53.3. The van der Waals surface area contributed by atoms with Crippen LogP contribution in [0, 0.1) is 0 Å². The number of amides is 10. The summed E-state index contributed by atoms with van der Waals surface area (Å²) in [5.74, 6) is -9.29. The van der Waals surface area contributed by atoms with Crippen molar-refractivity contribution < 1.29 is 82.3 Å². The van der Waals surface area contributed by atoms with Crippen LogP contribution in [-0.4, -0.2) is 217 Å². The first-order chi connectivity index (χ1) is 44.2. The lowest BCUT2D eigenvalue weighted by molar-refractivity contribution is -0.142. The van der Waals surface area contributed by atoms with Gasteiger partial charge in [0.15, 0.2) is 0 Å². The minimum Gasteiger partial charge on any atom is -0.480 e. The number of amidine groups is 1. The van der Waals surface area contributed by atoms with Crippen LogP contribution in [0.5, 0.6) is 0 Å². The van der Waals surface area contributed by atoms with Crippen molar-refractivity contribution in [3.8, 4) is 0 Å². The Balaban J connectivity index is 1.86. The Kier molecular flexibility index (Phi) is 43.1. The number of hydrogen-bond donors (Lipinski definition) is 17. The van der Waals surface area contributed by atoms with Gasteiger partial charge in [0.25, 0.3) is 0 Å². The van der Waals surface area contributed by atoms with E-state index in [2.05, 4.69) is 79.4 Å². The van der Waals surface area contributed by atoms with Gasteiger partial charge >= 0.3 is 11.9 Å². The van der Waals surface area contributed by atoms with Gasteiger partial charge in [-0.15, -0.1) is 10.6 Å². The second-order valence-electron chi connectivity index (χ2n) is 22.2. The Labute approximate surface area is 536 Å². The third-order valence-corrected chi connectivity index (χ3v) is 14.3. The number of hydrogen-bond acceptors (Lipinski definition) is 21. The highest BCUT2D eigenvalue weighted by Crippen LogP contribution is 2.14. The molecule has 34 heteroatoms. The quantitative estimate of drug-likeness (QED) is 0.0297. The molecule has 92 heavy (non-hydrogen) atoms. The molecular weight excluding hydrogens is 1210 g/mol. The lowest BCUT2D eigenvalue weighted by Gasteiger charge is -2.27. The number of likely N-dealkylation sites (N-methyl/N-ethyl adjacent to an activating group) is 1. The molecule has 2 rings (SSSR count). The van der Waals surface area contributed by atoms with Gasteiger partial charge in [-0.05, 0) is 44.9 Å². The number of nitrogens with two attached hydrogens (primary N) is 1. The van der Waals surface area contributed by atoms with E-state index < -0.39 is 148 Å². The number of rotatable bonds is 56. The molecule has 18 N–H and O–H groups in total. The van der Waals surface area contributed by atoms with Crippen molar-refractivity contribution >= 4 is 76.8 Å². The predicted octanol–water partition coefficient (Wildman–Crippen LogP) is -2.63. The van der Waals surface area contributed by atoms with Crippen molar-refractivity contribution in [3.05, 3.63) is 18.2 Å². The summed E-state index contributed by atoms with van der Waals surface area (Å²) >= 11 is 0. The van der Waals surface area contributed by atoms with Crippen LogP contribution in [0.15, 0.2) is 17.6 Å². The lowest BCUT2D eigenvalue weighted by atomic mass is 10.0. The average Bonchev–Trinajstić information content (AvgIpc) is 1.48. The van der Waals surface area contributed by atoms with Crippen LogP contribution in [0.2, 0.25) is 0 Å². The monoisotopic (exact) mass is 1310 g/mol. The number of carboxylic acids is 2. The zero-order chi connectivity index (χ0) is 67.7. The summed E-state index contributed by atoms with van der Waals surface area (Å²) < 4.78 is 10.8. The maximum atomic E-state index is 14.3. The normalized spacial score (nSPS) is 13.3. The van der Waals surface area contributed by atoms with E-state index in [1.54, 1.807) is 0 Å². The predicted molar refractivity (Wildman–Crippen MR) is 333 cm³/mol. The van der Waals surface area contributed by atoms with Gasteiger partial charge < -0.3 is 83.4 Å². The summed E-state index contributed by atoms with van der Waals surface area (Å²) in [7, 11) is 1.39. The number of aromatic amines is 1. The summed E-state index contributed by atoms with van der Waals surface area (Å²) in [5.41, 5.74) is 14.1. The highest BCUT2D eigenvalue weighted by molar-refractivity contribution is 5.97. The number of aliphatic carboxylic acids is 2. The Morgan fingerprint density at radius 2 is 1.12 bits per heavy atom. The number of imidazole rings is 1. The molecule has 1 aromatic heterocycles. The summed E-state index contributed by atoms with van der Waals surface area (Å²) in [4.78, 5) is 161. The standard InChI is InChI=1S/C58H101N17O17/c1-3-4-20-41(54(86)60-2)67-55(87)42(21-18-19-26-62-50(80)34-75(35-52(82)83)36-53(84)85)68-57(89)44(31-40-32-61-39-65-40)70-56(88)43(24-25-46(59)77)69-58(90)45(37-76)66-49(79)33-64-51(81)38-92-30-29-91-28-27-63-48(78)23-17-15-13-11-9-7-5-6-8-10-12-14-16-22-47-71-73-74-72-47/h32,39,41-45,73-74,76H,3-31,33-38H2,1-2H3,(H2,59,77)(H,60,86)(H,61,65)(H,62,80)(H,63,78)(H,64,81)(H,66,79)(H,67,87)(H,68,89)(H,69,90)(H,70,88)(H,71,72)(H,82,83)(H,84,85). The van der Waals surface area contributed by atoms with E-state index in [1.807, 2.05) is 6.92 Å². The molecule has 0 aliphatic carbocycles. The molecular formula is C58H101N17O17. The molecule has 0 spiro atoms. The minimum atomic E-state index is -1.69. The molecule has 2 heterocycles. The van der Waals surface area contributed by atoms with Crippen molar-refractivity contribution in [1.29, 1.82) is 0 Å². The van der Waals surface area contributed by atoms with Crippen LogP contribution in [0.4, 0.5) is 0 Å². The van der Waals surface area contributed by atoms with Gasteiger partial charge in [0.1, 0.15) is 42.7 Å². The van der Waals surface area contributed by atoms with E-state index in [9.17, 15) is 62.6 Å². The van der Waals surface area contributed by atoms with Crippen LogP contribution >= 0.6 is 0 Å². The summed E-state index contributed by atoms with van der Waals surface area (Å²) in [6.07, 6.45) is 19.9. The number of hydrazine groups is 2. The first kappa shape index (κ1) is 80.0. The number of primary amides is 1. The highest BCUT2D eigenvalue weighted by Gasteiger charge is 2.33. The molecule has 1 aromatic rings. The summed E-state index contributed by atoms with van der Waals surface area (Å²) in [5, 5.41) is 55.0. The van der Waals surface area contributed by atoms with Crippen molar-refractivity contribution in [1.82, 2.24) is 79.2 Å². The van der Waals surface area contributed by atoms with E-state index >= 15 is 0 Å². The number of ether oxygens (including phenoxy) is 2. The Morgan fingerprint density at radius 3 is 1.68 bits per heavy atom. The third kappa shape index (κ3) is 39.2. The van der Waals surface area contributed by atoms with Crippen molar-refractivity contribution in [2.45, 2.75) is 191 Å². The molecule has 5 unspecified atom stereocenters. The van der Waals surface area contributed by atoms with E-state index in [-0.39, 0.29) is 64.4 Å². The molecule has 0 fully saturated rings. The van der Waals surface area contributed by atoms with Crippen LogP contribution in [0.3, 0.4) is 0 Å². The van der Waals surface area contributed by atoms with Crippen molar-refractivity contribution in [3.63, 3.8) is 0 Å². The number of H-pyrrole nitrogens is 1. The molecule has 1 aliphatic heterocycles. The maximum Gasteiger partial charge on any atom is 0.317 e. The molecule has 0 aromatic carbocycles. The number of nitrogens with one attached hydrogen (secondary N) is 13. The zero-order valence-electron chi connectivity index (χ0n) is 53.3. The van der Waals surface area contributed by atoms with Gasteiger partial charge in [0, 0.05) is 57.7 Å². The summed E-state index contributed by atoms with van der Waals surface area (Å²) in [6.45, 7) is -1.48. The number of aliphatic hydroxyl groups excluding tert-OH is 1. The molecule has 0 bridgehead atoms. The second-order valence-corrected chi connectivity index (χ2v) is 22.2. The fraction of sp³-hybridized carbons (Fsp3) is 0.724. The van der Waals surface area contributed by atoms with Gasteiger partial charge in [-0.1, -0.05) is 90.4 Å². The van der Waals surface area contributed by atoms with Gasteiger partial charge in [0.05, 0.1) is 58.9 Å².